The lowest BCUT2D eigenvalue weighted by Crippen LogP contribution is -2.35. The monoisotopic (exact) mass is 356 g/mol. The van der Waals surface area contributed by atoms with Crippen LogP contribution in [-0.2, 0) is 4.79 Å². The van der Waals surface area contributed by atoms with Gasteiger partial charge in [-0.1, -0.05) is 5.16 Å². The minimum absolute atomic E-state index is 0.107. The number of ether oxygens (including phenoxy) is 1. The molecule has 1 aromatic carbocycles. The van der Waals surface area contributed by atoms with E-state index in [4.69, 9.17) is 9.26 Å². The van der Waals surface area contributed by atoms with Gasteiger partial charge in [0.05, 0.1) is 13.2 Å². The molecule has 0 radical (unpaired) electrons. The van der Waals surface area contributed by atoms with Crippen molar-refractivity contribution in [2.75, 3.05) is 25.5 Å². The van der Waals surface area contributed by atoms with Crippen LogP contribution in [0.5, 0.6) is 5.75 Å². The van der Waals surface area contributed by atoms with Gasteiger partial charge in [0, 0.05) is 30.1 Å². The summed E-state index contributed by atoms with van der Waals surface area (Å²) in [6.45, 7) is 4.10. The van der Waals surface area contributed by atoms with Crippen LogP contribution in [0.25, 0.3) is 10.9 Å². The number of rotatable bonds is 6. The highest BCUT2D eigenvalue weighted by Crippen LogP contribution is 2.22. The predicted octanol–water partition coefficient (Wildman–Crippen LogP) is 2.57. The summed E-state index contributed by atoms with van der Waals surface area (Å²) >= 11 is 0. The molecule has 0 aliphatic rings. The molecule has 0 fully saturated rings. The van der Waals surface area contributed by atoms with Gasteiger partial charge in [0.15, 0.2) is 5.82 Å². The second-order valence-electron chi connectivity index (χ2n) is 5.90. The minimum Gasteiger partial charge on any atom is -0.494 e. The molecule has 8 heteroatoms. The second-order valence-corrected chi connectivity index (χ2v) is 5.90. The number of amides is 2. The van der Waals surface area contributed by atoms with E-state index in [-0.39, 0.29) is 18.4 Å². The highest BCUT2D eigenvalue weighted by molar-refractivity contribution is 6.01. The summed E-state index contributed by atoms with van der Waals surface area (Å²) in [5, 5.41) is 7.17. The van der Waals surface area contributed by atoms with Crippen LogP contribution in [0.3, 0.4) is 0 Å². The second kappa shape index (κ2) is 7.30. The Bertz CT molecular complexity index is 944. The first kappa shape index (κ1) is 17.5. The van der Waals surface area contributed by atoms with Gasteiger partial charge in [-0.2, -0.15) is 0 Å². The smallest absolute Gasteiger partial charge is 0.270 e. The lowest BCUT2D eigenvalue weighted by atomic mass is 10.2. The van der Waals surface area contributed by atoms with Crippen LogP contribution in [-0.4, -0.2) is 47.1 Å². The fourth-order valence-corrected chi connectivity index (χ4v) is 2.58. The fourth-order valence-electron chi connectivity index (χ4n) is 2.58. The SMILES string of the molecule is CCOc1ccc2cc(C(=O)N(C)CC(=O)Nc3cc(C)on3)[nH]c2c1. The highest BCUT2D eigenvalue weighted by Gasteiger charge is 2.18. The van der Waals surface area contributed by atoms with Gasteiger partial charge in [-0.3, -0.25) is 9.59 Å². The fraction of sp³-hybridized carbons (Fsp3) is 0.278. The first-order chi connectivity index (χ1) is 12.5. The van der Waals surface area contributed by atoms with E-state index in [1.54, 1.807) is 26.1 Å². The molecule has 0 aliphatic carbocycles. The maximum Gasteiger partial charge on any atom is 0.270 e. The number of aromatic nitrogens is 2. The molecular weight excluding hydrogens is 336 g/mol. The Morgan fingerprint density at radius 1 is 1.31 bits per heavy atom. The average molecular weight is 356 g/mol. The Morgan fingerprint density at radius 2 is 2.12 bits per heavy atom. The number of H-pyrrole nitrogens is 1. The molecule has 26 heavy (non-hydrogen) atoms. The lowest BCUT2D eigenvalue weighted by Gasteiger charge is -2.15. The van der Waals surface area contributed by atoms with Crippen LogP contribution < -0.4 is 10.1 Å². The Hall–Kier alpha value is -3.29. The van der Waals surface area contributed by atoms with Crippen molar-refractivity contribution >= 4 is 28.5 Å². The Kier molecular flexibility index (Phi) is 4.92. The van der Waals surface area contributed by atoms with Gasteiger partial charge in [-0.25, -0.2) is 0 Å². The normalized spacial score (nSPS) is 10.7. The quantitative estimate of drug-likeness (QED) is 0.707. The molecule has 0 unspecified atom stereocenters. The van der Waals surface area contributed by atoms with E-state index in [1.807, 2.05) is 25.1 Å². The first-order valence-electron chi connectivity index (χ1n) is 8.20. The van der Waals surface area contributed by atoms with Gasteiger partial charge in [0.25, 0.3) is 5.91 Å². The molecule has 0 saturated heterocycles. The average Bonchev–Trinajstić information content (AvgIpc) is 3.19. The molecule has 0 aliphatic heterocycles. The number of carbonyl (C=O) groups is 2. The molecule has 2 N–H and O–H groups in total. The van der Waals surface area contributed by atoms with Crippen LogP contribution in [0, 0.1) is 6.92 Å². The summed E-state index contributed by atoms with van der Waals surface area (Å²) < 4.78 is 10.3. The third-order valence-corrected chi connectivity index (χ3v) is 3.76. The van der Waals surface area contributed by atoms with Gasteiger partial charge in [0.1, 0.15) is 17.2 Å². The molecule has 136 valence electrons. The van der Waals surface area contributed by atoms with Gasteiger partial charge in [-0.15, -0.1) is 0 Å². The maximum absolute atomic E-state index is 12.6. The van der Waals surface area contributed by atoms with Crippen molar-refractivity contribution in [3.8, 4) is 5.75 Å². The van der Waals surface area contributed by atoms with Crippen molar-refractivity contribution in [2.45, 2.75) is 13.8 Å². The molecule has 0 spiro atoms. The van der Waals surface area contributed by atoms with Crippen LogP contribution >= 0.6 is 0 Å². The standard InChI is InChI=1S/C18H20N4O4/c1-4-25-13-6-5-12-8-15(19-14(12)9-13)18(24)22(3)10-17(23)20-16-7-11(2)26-21-16/h5-9,19H,4,10H2,1-3H3,(H,20,21,23). The van der Waals surface area contributed by atoms with Gasteiger partial charge in [0.2, 0.25) is 5.91 Å². The van der Waals surface area contributed by atoms with Crippen molar-refractivity contribution in [1.29, 1.82) is 0 Å². The van der Waals surface area contributed by atoms with Crippen LogP contribution in [0.4, 0.5) is 5.82 Å². The summed E-state index contributed by atoms with van der Waals surface area (Å²) in [6, 6.07) is 8.93. The number of carbonyl (C=O) groups excluding carboxylic acids is 2. The summed E-state index contributed by atoms with van der Waals surface area (Å²) in [7, 11) is 1.56. The maximum atomic E-state index is 12.6. The largest absolute Gasteiger partial charge is 0.494 e. The molecule has 0 bridgehead atoms. The number of fused-ring (bicyclic) bond motifs is 1. The van der Waals surface area contributed by atoms with E-state index < -0.39 is 0 Å². The van der Waals surface area contributed by atoms with E-state index in [9.17, 15) is 9.59 Å². The minimum atomic E-state index is -0.358. The Labute approximate surface area is 150 Å². The Morgan fingerprint density at radius 3 is 2.81 bits per heavy atom. The molecular formula is C18H20N4O4. The zero-order valence-corrected chi connectivity index (χ0v) is 14.8. The van der Waals surface area contributed by atoms with Crippen LogP contribution in [0.1, 0.15) is 23.2 Å². The molecule has 2 heterocycles. The van der Waals surface area contributed by atoms with Crippen LogP contribution in [0.15, 0.2) is 34.9 Å². The zero-order chi connectivity index (χ0) is 18.7. The summed E-state index contributed by atoms with van der Waals surface area (Å²) in [4.78, 5) is 29.0. The summed E-state index contributed by atoms with van der Waals surface area (Å²) in [5.41, 5.74) is 1.21. The van der Waals surface area contributed by atoms with Gasteiger partial charge in [-0.05, 0) is 32.0 Å². The first-order valence-corrected chi connectivity index (χ1v) is 8.20. The number of anilines is 1. The zero-order valence-electron chi connectivity index (χ0n) is 14.8. The number of aromatic amines is 1. The molecule has 0 atom stereocenters. The number of hydrogen-bond donors (Lipinski definition) is 2. The number of benzene rings is 1. The molecule has 3 aromatic rings. The predicted molar refractivity (Wildman–Crippen MR) is 96.3 cm³/mol. The topological polar surface area (TPSA) is 100 Å². The molecule has 0 saturated carbocycles. The van der Waals surface area contributed by atoms with E-state index in [2.05, 4.69) is 15.5 Å². The Balaban J connectivity index is 1.67. The van der Waals surface area contributed by atoms with Crippen molar-refractivity contribution in [3.63, 3.8) is 0 Å². The third kappa shape index (κ3) is 3.85. The van der Waals surface area contributed by atoms with E-state index in [0.29, 0.717) is 23.9 Å². The number of aryl methyl sites for hydroxylation is 1. The summed E-state index contributed by atoms with van der Waals surface area (Å²) in [5.74, 6) is 1.00. The third-order valence-electron chi connectivity index (χ3n) is 3.76. The molecule has 8 nitrogen and oxygen atoms in total. The number of likely N-dealkylation sites (N-methyl/N-ethyl adjacent to an activating group) is 1. The van der Waals surface area contributed by atoms with Crippen LogP contribution in [0.2, 0.25) is 0 Å². The molecule has 3 rings (SSSR count). The molecule has 2 aromatic heterocycles. The van der Waals surface area contributed by atoms with E-state index in [1.165, 1.54) is 4.90 Å². The lowest BCUT2D eigenvalue weighted by molar-refractivity contribution is -0.116. The van der Waals surface area contributed by atoms with Crippen molar-refractivity contribution in [1.82, 2.24) is 15.0 Å². The van der Waals surface area contributed by atoms with E-state index >= 15 is 0 Å². The van der Waals surface area contributed by atoms with Gasteiger partial charge >= 0.3 is 0 Å². The number of nitrogens with one attached hydrogen (secondary N) is 2. The molecule has 2 amide bonds. The van der Waals surface area contributed by atoms with Crippen molar-refractivity contribution < 1.29 is 18.8 Å². The highest BCUT2D eigenvalue weighted by atomic mass is 16.5. The van der Waals surface area contributed by atoms with Crippen molar-refractivity contribution in [2.24, 2.45) is 0 Å². The van der Waals surface area contributed by atoms with Crippen molar-refractivity contribution in [3.05, 3.63) is 41.8 Å². The van der Waals surface area contributed by atoms with E-state index in [0.717, 1.165) is 16.7 Å². The number of hydrogen-bond acceptors (Lipinski definition) is 5. The van der Waals surface area contributed by atoms with Gasteiger partial charge < -0.3 is 24.5 Å². The summed E-state index contributed by atoms with van der Waals surface area (Å²) in [6.07, 6.45) is 0. The number of nitrogens with zero attached hydrogens (tertiary/aromatic N) is 2.